The standard InChI is InChI=1S/C15H16ClN3O4/c1-7-4-5-10(16)6-11(7)18-14(20)9(3)22-15(21)12-8(2)19-23-13(12)17/h4-6,9H,17H2,1-3H3,(H,18,20). The third-order valence-corrected chi connectivity index (χ3v) is 3.44. The number of carbonyl (C=O) groups excluding carboxylic acids is 2. The number of carbonyl (C=O) groups is 2. The maximum absolute atomic E-state index is 12.1. The van der Waals surface area contributed by atoms with Crippen molar-refractivity contribution in [3.63, 3.8) is 0 Å². The van der Waals surface area contributed by atoms with Crippen LogP contribution in [0, 0.1) is 13.8 Å². The molecule has 0 fully saturated rings. The Kier molecular flexibility index (Phi) is 4.90. The molecule has 0 saturated heterocycles. The second kappa shape index (κ2) is 6.70. The van der Waals surface area contributed by atoms with E-state index in [9.17, 15) is 9.59 Å². The number of benzene rings is 1. The van der Waals surface area contributed by atoms with Crippen molar-refractivity contribution >= 4 is 35.0 Å². The molecule has 1 atom stereocenters. The highest BCUT2D eigenvalue weighted by atomic mass is 35.5. The van der Waals surface area contributed by atoms with E-state index in [0.29, 0.717) is 16.4 Å². The minimum Gasteiger partial charge on any atom is -0.449 e. The summed E-state index contributed by atoms with van der Waals surface area (Å²) in [4.78, 5) is 24.2. The first-order valence-electron chi connectivity index (χ1n) is 6.79. The van der Waals surface area contributed by atoms with Crippen LogP contribution in [-0.4, -0.2) is 23.1 Å². The zero-order chi connectivity index (χ0) is 17.1. The predicted octanol–water partition coefficient (Wildman–Crippen LogP) is 2.71. The minimum absolute atomic E-state index is 0.0172. The molecule has 2 rings (SSSR count). The molecule has 1 unspecified atom stereocenters. The van der Waals surface area contributed by atoms with E-state index in [0.717, 1.165) is 5.56 Å². The molecule has 23 heavy (non-hydrogen) atoms. The lowest BCUT2D eigenvalue weighted by molar-refractivity contribution is -0.123. The summed E-state index contributed by atoms with van der Waals surface area (Å²) in [6, 6.07) is 5.11. The number of rotatable bonds is 4. The number of aromatic nitrogens is 1. The molecule has 0 aliphatic rings. The number of nitrogens with zero attached hydrogens (tertiary/aromatic N) is 1. The summed E-state index contributed by atoms with van der Waals surface area (Å²) in [6.07, 6.45) is -1.03. The fourth-order valence-corrected chi connectivity index (χ4v) is 2.04. The van der Waals surface area contributed by atoms with Gasteiger partial charge in [0.1, 0.15) is 5.56 Å². The molecule has 1 amide bonds. The van der Waals surface area contributed by atoms with Gasteiger partial charge in [-0.15, -0.1) is 0 Å². The SMILES string of the molecule is Cc1ccc(Cl)cc1NC(=O)C(C)OC(=O)c1c(C)noc1N. The lowest BCUT2D eigenvalue weighted by Crippen LogP contribution is -2.30. The number of nitrogens with one attached hydrogen (secondary N) is 1. The Morgan fingerprint density at radius 2 is 2.09 bits per heavy atom. The number of hydrogen-bond donors (Lipinski definition) is 2. The van der Waals surface area contributed by atoms with Gasteiger partial charge in [-0.1, -0.05) is 22.8 Å². The number of aryl methyl sites for hydroxylation is 2. The van der Waals surface area contributed by atoms with Gasteiger partial charge >= 0.3 is 5.97 Å². The van der Waals surface area contributed by atoms with E-state index >= 15 is 0 Å². The summed E-state index contributed by atoms with van der Waals surface area (Å²) in [5.74, 6) is -1.41. The summed E-state index contributed by atoms with van der Waals surface area (Å²) >= 11 is 5.90. The average molecular weight is 338 g/mol. The van der Waals surface area contributed by atoms with Gasteiger partial charge in [0.15, 0.2) is 6.10 Å². The van der Waals surface area contributed by atoms with Crippen LogP contribution in [0.5, 0.6) is 0 Å². The number of nitrogen functional groups attached to an aromatic ring is 1. The average Bonchev–Trinajstić information content (AvgIpc) is 2.81. The van der Waals surface area contributed by atoms with Crippen LogP contribution in [0.1, 0.15) is 28.5 Å². The first kappa shape index (κ1) is 16.8. The second-order valence-corrected chi connectivity index (χ2v) is 5.44. The van der Waals surface area contributed by atoms with Crippen LogP contribution in [0.2, 0.25) is 5.02 Å². The van der Waals surface area contributed by atoms with Gasteiger partial charge in [-0.2, -0.15) is 0 Å². The van der Waals surface area contributed by atoms with E-state index in [2.05, 4.69) is 10.5 Å². The van der Waals surface area contributed by atoms with E-state index in [1.807, 2.05) is 6.92 Å². The highest BCUT2D eigenvalue weighted by molar-refractivity contribution is 6.31. The molecule has 0 saturated carbocycles. The van der Waals surface area contributed by atoms with E-state index in [4.69, 9.17) is 26.6 Å². The van der Waals surface area contributed by atoms with E-state index in [1.165, 1.54) is 6.92 Å². The Hall–Kier alpha value is -2.54. The highest BCUT2D eigenvalue weighted by Gasteiger charge is 2.25. The summed E-state index contributed by atoms with van der Waals surface area (Å²) in [5.41, 5.74) is 7.20. The number of halogens is 1. The van der Waals surface area contributed by atoms with Crippen molar-refractivity contribution in [3.05, 3.63) is 40.0 Å². The molecule has 1 aromatic carbocycles. The normalized spacial score (nSPS) is 11.8. The van der Waals surface area contributed by atoms with Crippen LogP contribution >= 0.6 is 11.6 Å². The van der Waals surface area contributed by atoms with Gasteiger partial charge in [-0.3, -0.25) is 4.79 Å². The third kappa shape index (κ3) is 3.81. The molecule has 0 radical (unpaired) electrons. The molecular weight excluding hydrogens is 322 g/mol. The predicted molar refractivity (Wildman–Crippen MR) is 85.3 cm³/mol. The number of nitrogens with two attached hydrogens (primary N) is 1. The lowest BCUT2D eigenvalue weighted by Gasteiger charge is -2.14. The zero-order valence-electron chi connectivity index (χ0n) is 12.8. The number of anilines is 2. The van der Waals surface area contributed by atoms with Gasteiger partial charge in [-0.05, 0) is 38.5 Å². The largest absolute Gasteiger partial charge is 0.449 e. The molecule has 7 nitrogen and oxygen atoms in total. The van der Waals surface area contributed by atoms with Crippen LogP contribution in [0.15, 0.2) is 22.7 Å². The second-order valence-electron chi connectivity index (χ2n) is 5.00. The third-order valence-electron chi connectivity index (χ3n) is 3.20. The summed E-state index contributed by atoms with van der Waals surface area (Å²) in [5, 5.41) is 6.71. The Morgan fingerprint density at radius 1 is 1.39 bits per heavy atom. The smallest absolute Gasteiger partial charge is 0.346 e. The molecule has 8 heteroatoms. The molecule has 2 aromatic rings. The Morgan fingerprint density at radius 3 is 2.70 bits per heavy atom. The topological polar surface area (TPSA) is 107 Å². The van der Waals surface area contributed by atoms with Crippen molar-refractivity contribution in [1.29, 1.82) is 0 Å². The molecule has 0 spiro atoms. The first-order chi connectivity index (χ1) is 10.8. The number of amides is 1. The van der Waals surface area contributed by atoms with E-state index < -0.39 is 18.0 Å². The van der Waals surface area contributed by atoms with Crippen LogP contribution in [-0.2, 0) is 9.53 Å². The summed E-state index contributed by atoms with van der Waals surface area (Å²) < 4.78 is 9.79. The van der Waals surface area contributed by atoms with Gasteiger partial charge in [0.25, 0.3) is 5.91 Å². The molecular formula is C15H16ClN3O4. The van der Waals surface area contributed by atoms with Gasteiger partial charge in [0, 0.05) is 10.7 Å². The van der Waals surface area contributed by atoms with E-state index in [-0.39, 0.29) is 11.4 Å². The van der Waals surface area contributed by atoms with Crippen molar-refractivity contribution in [2.45, 2.75) is 26.9 Å². The fourth-order valence-electron chi connectivity index (χ4n) is 1.87. The van der Waals surface area contributed by atoms with Crippen molar-refractivity contribution in [1.82, 2.24) is 5.16 Å². The van der Waals surface area contributed by atoms with Crippen molar-refractivity contribution in [2.75, 3.05) is 11.1 Å². The summed E-state index contributed by atoms with van der Waals surface area (Å²) in [6.45, 7) is 4.83. The fraction of sp³-hybridized carbons (Fsp3) is 0.267. The Balaban J connectivity index is 2.05. The van der Waals surface area contributed by atoms with Gasteiger partial charge in [0.05, 0.1) is 5.69 Å². The molecule has 122 valence electrons. The molecule has 0 bridgehead atoms. The van der Waals surface area contributed by atoms with E-state index in [1.54, 1.807) is 25.1 Å². The maximum atomic E-state index is 12.1. The Bertz CT molecular complexity index is 738. The number of ether oxygens (including phenoxy) is 1. The van der Waals surface area contributed by atoms with Crippen molar-refractivity contribution in [3.8, 4) is 0 Å². The molecule has 1 aromatic heterocycles. The van der Waals surface area contributed by atoms with Gasteiger partial charge in [-0.25, -0.2) is 4.79 Å². The maximum Gasteiger partial charge on any atom is 0.346 e. The lowest BCUT2D eigenvalue weighted by atomic mass is 10.2. The number of hydrogen-bond acceptors (Lipinski definition) is 6. The first-order valence-corrected chi connectivity index (χ1v) is 7.17. The molecule has 0 aliphatic heterocycles. The summed E-state index contributed by atoms with van der Waals surface area (Å²) in [7, 11) is 0. The van der Waals surface area contributed by atoms with Crippen molar-refractivity contribution < 1.29 is 18.8 Å². The van der Waals surface area contributed by atoms with Crippen LogP contribution in [0.4, 0.5) is 11.6 Å². The van der Waals surface area contributed by atoms with Crippen LogP contribution < -0.4 is 11.1 Å². The van der Waals surface area contributed by atoms with Gasteiger partial charge in [0.2, 0.25) is 5.88 Å². The van der Waals surface area contributed by atoms with Crippen LogP contribution in [0.3, 0.4) is 0 Å². The minimum atomic E-state index is -1.03. The van der Waals surface area contributed by atoms with Crippen LogP contribution in [0.25, 0.3) is 0 Å². The molecule has 0 aliphatic carbocycles. The quantitative estimate of drug-likeness (QED) is 0.830. The van der Waals surface area contributed by atoms with Crippen molar-refractivity contribution in [2.24, 2.45) is 0 Å². The Labute approximate surface area is 137 Å². The molecule has 3 N–H and O–H groups in total. The zero-order valence-corrected chi connectivity index (χ0v) is 13.6. The number of esters is 1. The van der Waals surface area contributed by atoms with Gasteiger partial charge < -0.3 is 20.3 Å². The molecule has 1 heterocycles. The monoisotopic (exact) mass is 337 g/mol. The highest BCUT2D eigenvalue weighted by Crippen LogP contribution is 2.21.